The van der Waals surface area contributed by atoms with Gasteiger partial charge in [-0.2, -0.15) is 0 Å². The van der Waals surface area contributed by atoms with Crippen LogP contribution in [0.2, 0.25) is 0 Å². The summed E-state index contributed by atoms with van der Waals surface area (Å²) in [6, 6.07) is 21.0. The van der Waals surface area contributed by atoms with E-state index in [0.29, 0.717) is 16.1 Å². The number of benzene rings is 3. The maximum atomic E-state index is 13.4. The van der Waals surface area contributed by atoms with Crippen LogP contribution >= 0.6 is 11.8 Å². The number of aryl methyl sites for hydroxylation is 2. The van der Waals surface area contributed by atoms with Crippen LogP contribution in [-0.4, -0.2) is 21.2 Å². The van der Waals surface area contributed by atoms with Crippen molar-refractivity contribution >= 4 is 34.3 Å². The zero-order chi connectivity index (χ0) is 22.7. The van der Waals surface area contributed by atoms with Gasteiger partial charge in [-0.25, -0.2) is 4.98 Å². The third kappa shape index (κ3) is 4.32. The molecule has 4 aromatic rings. The lowest BCUT2D eigenvalue weighted by Crippen LogP contribution is -2.23. The Morgan fingerprint density at radius 3 is 2.56 bits per heavy atom. The van der Waals surface area contributed by atoms with E-state index in [1.165, 1.54) is 11.8 Å². The Morgan fingerprint density at radius 2 is 1.75 bits per heavy atom. The second-order valence-corrected chi connectivity index (χ2v) is 8.56. The van der Waals surface area contributed by atoms with E-state index >= 15 is 0 Å². The summed E-state index contributed by atoms with van der Waals surface area (Å²) in [6.07, 6.45) is 0.835. The van der Waals surface area contributed by atoms with Crippen molar-refractivity contribution in [3.05, 3.63) is 93.8 Å². The number of amides is 1. The fourth-order valence-corrected chi connectivity index (χ4v) is 4.47. The Balaban J connectivity index is 1.71. The number of rotatable bonds is 6. The maximum Gasteiger partial charge on any atom is 0.266 e. The highest BCUT2D eigenvalue weighted by atomic mass is 32.2. The van der Waals surface area contributed by atoms with E-state index in [-0.39, 0.29) is 17.2 Å². The molecule has 0 saturated heterocycles. The van der Waals surface area contributed by atoms with Crippen molar-refractivity contribution in [2.24, 2.45) is 0 Å². The third-order valence-electron chi connectivity index (χ3n) is 5.57. The zero-order valence-corrected chi connectivity index (χ0v) is 19.2. The van der Waals surface area contributed by atoms with Crippen LogP contribution in [-0.2, 0) is 11.2 Å². The molecule has 0 aliphatic carbocycles. The Labute approximate surface area is 191 Å². The molecule has 3 aromatic carbocycles. The van der Waals surface area contributed by atoms with Gasteiger partial charge in [-0.1, -0.05) is 61.2 Å². The summed E-state index contributed by atoms with van der Waals surface area (Å²) in [5.41, 5.74) is 5.28. The van der Waals surface area contributed by atoms with Gasteiger partial charge < -0.3 is 5.32 Å². The van der Waals surface area contributed by atoms with Crippen molar-refractivity contribution in [3.8, 4) is 5.69 Å². The SMILES string of the molecule is CCc1ccccc1NC(=O)CSc1nc2ccccc2c(=O)n1-c1cccc(C)c1C. The average Bonchev–Trinajstić information content (AvgIpc) is 2.80. The predicted molar refractivity (Wildman–Crippen MR) is 132 cm³/mol. The minimum Gasteiger partial charge on any atom is -0.325 e. The molecule has 6 heteroatoms. The highest BCUT2D eigenvalue weighted by Gasteiger charge is 2.17. The van der Waals surface area contributed by atoms with Crippen LogP contribution in [0.3, 0.4) is 0 Å². The van der Waals surface area contributed by atoms with Crippen molar-refractivity contribution in [3.63, 3.8) is 0 Å². The molecule has 0 spiro atoms. The number of para-hydroxylation sites is 2. The summed E-state index contributed by atoms with van der Waals surface area (Å²) in [5.74, 6) is 0.0130. The number of anilines is 1. The molecule has 32 heavy (non-hydrogen) atoms. The van der Waals surface area contributed by atoms with Crippen molar-refractivity contribution < 1.29 is 4.79 Å². The van der Waals surface area contributed by atoms with Crippen LogP contribution in [0, 0.1) is 13.8 Å². The molecule has 0 aliphatic heterocycles. The summed E-state index contributed by atoms with van der Waals surface area (Å²) in [4.78, 5) is 30.9. The van der Waals surface area contributed by atoms with E-state index in [0.717, 1.165) is 34.5 Å². The molecule has 5 nitrogen and oxygen atoms in total. The molecule has 1 heterocycles. The number of aromatic nitrogens is 2. The number of thioether (sulfide) groups is 1. The number of nitrogens with zero attached hydrogens (tertiary/aromatic N) is 2. The Morgan fingerprint density at radius 1 is 1.00 bits per heavy atom. The van der Waals surface area contributed by atoms with Gasteiger partial charge in [0, 0.05) is 5.69 Å². The highest BCUT2D eigenvalue weighted by Crippen LogP contribution is 2.25. The van der Waals surface area contributed by atoms with Crippen molar-refractivity contribution in [2.45, 2.75) is 32.3 Å². The molecule has 0 bridgehead atoms. The van der Waals surface area contributed by atoms with Crippen LogP contribution in [0.4, 0.5) is 5.69 Å². The van der Waals surface area contributed by atoms with Gasteiger partial charge in [0.05, 0.1) is 22.3 Å². The van der Waals surface area contributed by atoms with E-state index in [9.17, 15) is 9.59 Å². The van der Waals surface area contributed by atoms with Crippen LogP contribution in [0.1, 0.15) is 23.6 Å². The van der Waals surface area contributed by atoms with E-state index in [1.54, 1.807) is 10.6 Å². The number of carbonyl (C=O) groups is 1. The lowest BCUT2D eigenvalue weighted by atomic mass is 10.1. The molecule has 0 atom stereocenters. The molecule has 1 amide bonds. The molecular formula is C26H25N3O2S. The second-order valence-electron chi connectivity index (χ2n) is 7.62. The van der Waals surface area contributed by atoms with E-state index in [4.69, 9.17) is 4.98 Å². The molecule has 0 unspecified atom stereocenters. The second kappa shape index (κ2) is 9.40. The number of carbonyl (C=O) groups excluding carboxylic acids is 1. The minimum absolute atomic E-state index is 0.133. The number of hydrogen-bond donors (Lipinski definition) is 1. The lowest BCUT2D eigenvalue weighted by Gasteiger charge is -2.16. The van der Waals surface area contributed by atoms with Gasteiger partial charge in [0.15, 0.2) is 5.16 Å². The standard InChI is InChI=1S/C26H25N3O2S/c1-4-19-11-5-7-13-21(19)27-24(30)16-32-26-28-22-14-8-6-12-20(22)25(31)29(26)23-15-9-10-17(2)18(23)3/h5-15H,4,16H2,1-3H3,(H,27,30). The molecule has 4 rings (SSSR count). The number of hydrogen-bond acceptors (Lipinski definition) is 4. The van der Waals surface area contributed by atoms with E-state index in [1.807, 2.05) is 74.5 Å². The highest BCUT2D eigenvalue weighted by molar-refractivity contribution is 7.99. The van der Waals surface area contributed by atoms with Gasteiger partial charge in [-0.3, -0.25) is 14.2 Å². The topological polar surface area (TPSA) is 64.0 Å². The molecular weight excluding hydrogens is 418 g/mol. The smallest absolute Gasteiger partial charge is 0.266 e. The first-order chi connectivity index (χ1) is 15.5. The molecule has 0 aliphatic rings. The van der Waals surface area contributed by atoms with Crippen molar-refractivity contribution in [1.29, 1.82) is 0 Å². The molecule has 0 radical (unpaired) electrons. The van der Waals surface area contributed by atoms with Gasteiger partial charge in [0.2, 0.25) is 5.91 Å². The van der Waals surface area contributed by atoms with E-state index < -0.39 is 0 Å². The fraction of sp³-hybridized carbons (Fsp3) is 0.192. The first kappa shape index (κ1) is 21.8. The Bertz CT molecular complexity index is 1360. The fourth-order valence-electron chi connectivity index (χ4n) is 3.67. The summed E-state index contributed by atoms with van der Waals surface area (Å²) in [7, 11) is 0. The van der Waals surface area contributed by atoms with Gasteiger partial charge in [0.25, 0.3) is 5.56 Å². The lowest BCUT2D eigenvalue weighted by molar-refractivity contribution is -0.113. The van der Waals surface area contributed by atoms with Gasteiger partial charge in [-0.05, 0) is 61.2 Å². The summed E-state index contributed by atoms with van der Waals surface area (Å²) < 4.78 is 1.63. The summed E-state index contributed by atoms with van der Waals surface area (Å²) >= 11 is 1.27. The molecule has 0 saturated carbocycles. The molecule has 1 N–H and O–H groups in total. The molecule has 1 aromatic heterocycles. The monoisotopic (exact) mass is 443 g/mol. The summed E-state index contributed by atoms with van der Waals surface area (Å²) in [5, 5.41) is 4.04. The first-order valence-corrected chi connectivity index (χ1v) is 11.6. The molecule has 0 fully saturated rings. The minimum atomic E-state index is -0.136. The largest absolute Gasteiger partial charge is 0.325 e. The predicted octanol–water partition coefficient (Wildman–Crippen LogP) is 5.30. The van der Waals surface area contributed by atoms with Crippen LogP contribution < -0.4 is 10.9 Å². The van der Waals surface area contributed by atoms with Crippen LogP contribution in [0.5, 0.6) is 0 Å². The number of nitrogens with one attached hydrogen (secondary N) is 1. The van der Waals surface area contributed by atoms with Crippen molar-refractivity contribution in [2.75, 3.05) is 11.1 Å². The normalized spacial score (nSPS) is 11.0. The summed E-state index contributed by atoms with van der Waals surface area (Å²) in [6.45, 7) is 6.07. The van der Waals surface area contributed by atoms with Crippen LogP contribution in [0.15, 0.2) is 76.7 Å². The first-order valence-electron chi connectivity index (χ1n) is 10.6. The Kier molecular flexibility index (Phi) is 6.42. The van der Waals surface area contributed by atoms with E-state index in [2.05, 4.69) is 12.2 Å². The third-order valence-corrected chi connectivity index (χ3v) is 6.51. The van der Waals surface area contributed by atoms with Crippen molar-refractivity contribution in [1.82, 2.24) is 9.55 Å². The Hall–Kier alpha value is -3.38. The van der Waals surface area contributed by atoms with Gasteiger partial charge in [0.1, 0.15) is 0 Å². The van der Waals surface area contributed by atoms with Gasteiger partial charge >= 0.3 is 0 Å². The van der Waals surface area contributed by atoms with Gasteiger partial charge in [-0.15, -0.1) is 0 Å². The average molecular weight is 444 g/mol. The zero-order valence-electron chi connectivity index (χ0n) is 18.4. The maximum absolute atomic E-state index is 13.4. The number of fused-ring (bicyclic) bond motifs is 1. The van der Waals surface area contributed by atoms with Crippen LogP contribution in [0.25, 0.3) is 16.6 Å². The molecule has 162 valence electrons. The quantitative estimate of drug-likeness (QED) is 0.325.